The van der Waals surface area contributed by atoms with Gasteiger partial charge in [0.2, 0.25) is 0 Å². The Kier molecular flexibility index (Phi) is 4.48. The molecular formula is C15H13ClFIO. The van der Waals surface area contributed by atoms with Crippen molar-refractivity contribution in [1.29, 1.82) is 0 Å². The third-order valence-electron chi connectivity index (χ3n) is 3.03. The number of aliphatic hydroxyl groups is 1. The molecule has 19 heavy (non-hydrogen) atoms. The average Bonchev–Trinajstić information content (AvgIpc) is 2.35. The molecule has 0 aliphatic carbocycles. The van der Waals surface area contributed by atoms with Crippen molar-refractivity contribution in [3.63, 3.8) is 0 Å². The number of benzene rings is 2. The van der Waals surface area contributed by atoms with Crippen molar-refractivity contribution < 1.29 is 9.50 Å². The van der Waals surface area contributed by atoms with Crippen LogP contribution in [0.4, 0.5) is 4.39 Å². The maximum atomic E-state index is 13.4. The van der Waals surface area contributed by atoms with Gasteiger partial charge in [0.1, 0.15) is 5.82 Å². The van der Waals surface area contributed by atoms with Crippen molar-refractivity contribution >= 4 is 34.2 Å². The van der Waals surface area contributed by atoms with E-state index in [1.54, 1.807) is 19.1 Å². The number of halogens is 3. The van der Waals surface area contributed by atoms with Crippen LogP contribution in [-0.2, 0) is 12.0 Å². The van der Waals surface area contributed by atoms with E-state index in [2.05, 4.69) is 22.6 Å². The van der Waals surface area contributed by atoms with Gasteiger partial charge in [0.05, 0.1) is 10.6 Å². The highest BCUT2D eigenvalue weighted by atomic mass is 127. The third-order valence-corrected chi connectivity index (χ3v) is 4.17. The summed E-state index contributed by atoms with van der Waals surface area (Å²) in [6.07, 6.45) is 0.268. The number of rotatable bonds is 3. The van der Waals surface area contributed by atoms with Gasteiger partial charge in [0, 0.05) is 9.99 Å². The third kappa shape index (κ3) is 3.46. The van der Waals surface area contributed by atoms with Gasteiger partial charge in [-0.15, -0.1) is 0 Å². The van der Waals surface area contributed by atoms with Gasteiger partial charge < -0.3 is 5.11 Å². The van der Waals surface area contributed by atoms with Crippen LogP contribution >= 0.6 is 34.2 Å². The van der Waals surface area contributed by atoms with Crippen molar-refractivity contribution in [1.82, 2.24) is 0 Å². The minimum absolute atomic E-state index is 0.0771. The minimum Gasteiger partial charge on any atom is -0.385 e. The van der Waals surface area contributed by atoms with Gasteiger partial charge in [0.15, 0.2) is 0 Å². The fourth-order valence-corrected chi connectivity index (χ4v) is 2.52. The maximum Gasteiger partial charge on any atom is 0.142 e. The first-order valence-electron chi connectivity index (χ1n) is 5.81. The number of hydrogen-bond donors (Lipinski definition) is 1. The Bertz CT molecular complexity index is 581. The summed E-state index contributed by atoms with van der Waals surface area (Å²) in [5, 5.41) is 10.6. The monoisotopic (exact) mass is 390 g/mol. The summed E-state index contributed by atoms with van der Waals surface area (Å²) in [5.41, 5.74) is 0.306. The van der Waals surface area contributed by atoms with Crippen LogP contribution in [0.2, 0.25) is 5.02 Å². The van der Waals surface area contributed by atoms with Crippen molar-refractivity contribution in [3.8, 4) is 0 Å². The second-order valence-corrected chi connectivity index (χ2v) is 6.29. The van der Waals surface area contributed by atoms with Gasteiger partial charge in [-0.1, -0.05) is 35.9 Å². The predicted octanol–water partition coefficient (Wildman–Crippen LogP) is 4.53. The predicted molar refractivity (Wildman–Crippen MR) is 83.8 cm³/mol. The zero-order valence-electron chi connectivity index (χ0n) is 10.3. The Morgan fingerprint density at radius 2 is 1.84 bits per heavy atom. The second kappa shape index (κ2) is 5.77. The Morgan fingerprint density at radius 3 is 2.47 bits per heavy atom. The molecule has 1 N–H and O–H groups in total. The maximum absolute atomic E-state index is 13.4. The van der Waals surface area contributed by atoms with Crippen LogP contribution in [0, 0.1) is 9.39 Å². The fraction of sp³-hybridized carbons (Fsp3) is 0.200. The van der Waals surface area contributed by atoms with Gasteiger partial charge in [-0.2, -0.15) is 0 Å². The summed E-state index contributed by atoms with van der Waals surface area (Å²) in [5.74, 6) is -0.461. The molecular weight excluding hydrogens is 378 g/mol. The summed E-state index contributed by atoms with van der Waals surface area (Å²) in [7, 11) is 0. The van der Waals surface area contributed by atoms with Crippen LogP contribution in [-0.4, -0.2) is 5.11 Å². The molecule has 0 aliphatic heterocycles. The SMILES string of the molecule is CC(O)(Cc1cccc(F)c1Cl)c1ccc(I)cc1. The molecule has 100 valence electrons. The first kappa shape index (κ1) is 14.8. The van der Waals surface area contributed by atoms with Crippen LogP contribution < -0.4 is 0 Å². The molecule has 0 heterocycles. The van der Waals surface area contributed by atoms with Crippen molar-refractivity contribution in [2.45, 2.75) is 18.9 Å². The lowest BCUT2D eigenvalue weighted by atomic mass is 9.89. The lowest BCUT2D eigenvalue weighted by Gasteiger charge is -2.24. The van der Waals surface area contributed by atoms with Crippen LogP contribution in [0.15, 0.2) is 42.5 Å². The molecule has 0 spiro atoms. The van der Waals surface area contributed by atoms with E-state index in [1.807, 2.05) is 24.3 Å². The van der Waals surface area contributed by atoms with E-state index < -0.39 is 11.4 Å². The lowest BCUT2D eigenvalue weighted by molar-refractivity contribution is 0.0576. The van der Waals surface area contributed by atoms with Crippen LogP contribution in [0.3, 0.4) is 0 Å². The van der Waals surface area contributed by atoms with E-state index in [0.29, 0.717) is 5.56 Å². The van der Waals surface area contributed by atoms with Crippen molar-refractivity contribution in [3.05, 3.63) is 68.0 Å². The van der Waals surface area contributed by atoms with Crippen LogP contribution in [0.5, 0.6) is 0 Å². The van der Waals surface area contributed by atoms with Crippen LogP contribution in [0.25, 0.3) is 0 Å². The minimum atomic E-state index is -1.08. The topological polar surface area (TPSA) is 20.2 Å². The summed E-state index contributed by atoms with van der Waals surface area (Å²) in [6, 6.07) is 12.2. The molecule has 1 atom stereocenters. The summed E-state index contributed by atoms with van der Waals surface area (Å²) in [4.78, 5) is 0. The molecule has 0 saturated carbocycles. The van der Waals surface area contributed by atoms with E-state index in [9.17, 15) is 9.50 Å². The first-order chi connectivity index (χ1) is 8.90. The largest absolute Gasteiger partial charge is 0.385 e. The van der Waals surface area contributed by atoms with Crippen LogP contribution in [0.1, 0.15) is 18.1 Å². The van der Waals surface area contributed by atoms with E-state index >= 15 is 0 Å². The van der Waals surface area contributed by atoms with E-state index in [1.165, 1.54) is 6.07 Å². The standard InChI is InChI=1S/C15H13ClFIO/c1-15(19,11-5-7-12(18)8-6-11)9-10-3-2-4-13(17)14(10)16/h2-8,19H,9H2,1H3. The Hall–Kier alpha value is -0.650. The highest BCUT2D eigenvalue weighted by Gasteiger charge is 2.25. The molecule has 0 amide bonds. The van der Waals surface area contributed by atoms with E-state index in [-0.39, 0.29) is 11.4 Å². The zero-order chi connectivity index (χ0) is 14.0. The van der Waals surface area contributed by atoms with E-state index in [4.69, 9.17) is 11.6 Å². The molecule has 2 aromatic carbocycles. The molecule has 0 saturated heterocycles. The highest BCUT2D eigenvalue weighted by Crippen LogP contribution is 2.30. The molecule has 1 nitrogen and oxygen atoms in total. The summed E-state index contributed by atoms with van der Waals surface area (Å²) in [6.45, 7) is 1.70. The molecule has 0 aliphatic rings. The van der Waals surface area contributed by atoms with Crippen molar-refractivity contribution in [2.75, 3.05) is 0 Å². The summed E-state index contributed by atoms with van der Waals surface area (Å²) < 4.78 is 14.5. The molecule has 4 heteroatoms. The Morgan fingerprint density at radius 1 is 1.21 bits per heavy atom. The Labute approximate surface area is 130 Å². The van der Waals surface area contributed by atoms with Gasteiger partial charge in [-0.05, 0) is 58.8 Å². The van der Waals surface area contributed by atoms with Gasteiger partial charge >= 0.3 is 0 Å². The molecule has 2 rings (SSSR count). The fourth-order valence-electron chi connectivity index (χ4n) is 1.97. The first-order valence-corrected chi connectivity index (χ1v) is 7.27. The van der Waals surface area contributed by atoms with Crippen molar-refractivity contribution in [2.24, 2.45) is 0 Å². The van der Waals surface area contributed by atoms with E-state index in [0.717, 1.165) is 9.13 Å². The van der Waals surface area contributed by atoms with Gasteiger partial charge in [0.25, 0.3) is 0 Å². The average molecular weight is 391 g/mol. The quantitative estimate of drug-likeness (QED) is 0.763. The Balaban J connectivity index is 2.30. The van der Waals surface area contributed by atoms with Gasteiger partial charge in [-0.3, -0.25) is 0 Å². The summed E-state index contributed by atoms with van der Waals surface area (Å²) >= 11 is 8.13. The lowest BCUT2D eigenvalue weighted by Crippen LogP contribution is -2.24. The molecule has 0 bridgehead atoms. The smallest absolute Gasteiger partial charge is 0.142 e. The van der Waals surface area contributed by atoms with Gasteiger partial charge in [-0.25, -0.2) is 4.39 Å². The molecule has 0 aromatic heterocycles. The zero-order valence-corrected chi connectivity index (χ0v) is 13.2. The molecule has 2 aromatic rings. The molecule has 0 fully saturated rings. The normalized spacial score (nSPS) is 14.2. The molecule has 1 unspecified atom stereocenters. The molecule has 0 radical (unpaired) electrons. The highest BCUT2D eigenvalue weighted by molar-refractivity contribution is 14.1. The second-order valence-electron chi connectivity index (χ2n) is 4.67. The number of hydrogen-bond acceptors (Lipinski definition) is 1.